The van der Waals surface area contributed by atoms with Gasteiger partial charge in [0.1, 0.15) is 0 Å². The predicted octanol–water partition coefficient (Wildman–Crippen LogP) is 1.82. The van der Waals surface area contributed by atoms with Crippen molar-refractivity contribution in [3.63, 3.8) is 0 Å². The molecule has 1 aromatic rings. The quantitative estimate of drug-likeness (QED) is 0.786. The molecule has 0 spiro atoms. The first-order valence-corrected chi connectivity index (χ1v) is 7.57. The highest BCUT2D eigenvalue weighted by atomic mass is 32.2. The predicted molar refractivity (Wildman–Crippen MR) is 67.2 cm³/mol. The first kappa shape index (κ1) is 16.7. The van der Waals surface area contributed by atoms with Crippen molar-refractivity contribution in [2.75, 3.05) is 20.3 Å². The molecule has 1 aliphatic rings. The zero-order valence-corrected chi connectivity index (χ0v) is 12.2. The van der Waals surface area contributed by atoms with Gasteiger partial charge in [-0.05, 0) is 24.6 Å². The van der Waals surface area contributed by atoms with Crippen molar-refractivity contribution < 1.29 is 36.0 Å². The number of ether oxygens (including phenoxy) is 1. The molecule has 0 bridgehead atoms. The normalized spacial score (nSPS) is 16.7. The first-order valence-electron chi connectivity index (χ1n) is 6.13. The van der Waals surface area contributed by atoms with Gasteiger partial charge in [-0.3, -0.25) is 4.84 Å². The van der Waals surface area contributed by atoms with Gasteiger partial charge >= 0.3 is 12.1 Å². The summed E-state index contributed by atoms with van der Waals surface area (Å²) >= 11 is 0. The summed E-state index contributed by atoms with van der Waals surface area (Å²) in [5.41, 5.74) is -2.13. The van der Waals surface area contributed by atoms with E-state index in [9.17, 15) is 26.4 Å². The molecule has 0 aliphatic carbocycles. The Morgan fingerprint density at radius 2 is 2.05 bits per heavy atom. The Bertz CT molecular complexity index is 680. The third-order valence-electron chi connectivity index (χ3n) is 2.99. The summed E-state index contributed by atoms with van der Waals surface area (Å²) in [6, 6.07) is 2.10. The average molecular weight is 339 g/mol. The molecule has 0 atom stereocenters. The minimum atomic E-state index is -4.90. The molecule has 0 saturated carbocycles. The maximum absolute atomic E-state index is 13.0. The number of hydroxylamine groups is 1. The van der Waals surface area contributed by atoms with Crippen LogP contribution in [0.15, 0.2) is 23.1 Å². The fourth-order valence-corrected chi connectivity index (χ4v) is 3.26. The van der Waals surface area contributed by atoms with Gasteiger partial charge < -0.3 is 4.74 Å². The molecule has 1 heterocycles. The van der Waals surface area contributed by atoms with Gasteiger partial charge in [0.05, 0.1) is 29.7 Å². The molecule has 1 fully saturated rings. The van der Waals surface area contributed by atoms with Crippen LogP contribution in [0.2, 0.25) is 0 Å². The van der Waals surface area contributed by atoms with E-state index in [4.69, 9.17) is 4.84 Å². The summed E-state index contributed by atoms with van der Waals surface area (Å²) in [5.74, 6) is -1.20. The monoisotopic (exact) mass is 339 g/mol. The zero-order valence-electron chi connectivity index (χ0n) is 11.4. The minimum absolute atomic E-state index is 0.0580. The Balaban J connectivity index is 2.54. The Morgan fingerprint density at radius 3 is 2.55 bits per heavy atom. The third kappa shape index (κ3) is 3.08. The number of carbonyl (C=O) groups excluding carboxylic acids is 1. The Morgan fingerprint density at radius 1 is 1.36 bits per heavy atom. The molecule has 1 saturated heterocycles. The molecule has 0 N–H and O–H groups in total. The molecule has 0 radical (unpaired) electrons. The molecule has 10 heteroatoms. The number of carbonyl (C=O) groups is 1. The van der Waals surface area contributed by atoms with Crippen LogP contribution in [0.1, 0.15) is 22.3 Å². The summed E-state index contributed by atoms with van der Waals surface area (Å²) in [4.78, 5) is 15.7. The Labute approximate surface area is 124 Å². The van der Waals surface area contributed by atoms with Crippen LogP contribution < -0.4 is 0 Å². The van der Waals surface area contributed by atoms with E-state index in [1.807, 2.05) is 0 Å². The summed E-state index contributed by atoms with van der Waals surface area (Å²) in [5, 5.41) is 0. The van der Waals surface area contributed by atoms with Gasteiger partial charge in [0.15, 0.2) is 0 Å². The summed E-state index contributed by atoms with van der Waals surface area (Å²) in [6.45, 7) is 0.230. The maximum Gasteiger partial charge on any atom is 0.417 e. The molecule has 1 aliphatic heterocycles. The van der Waals surface area contributed by atoms with E-state index in [1.54, 1.807) is 0 Å². The lowest BCUT2D eigenvalue weighted by molar-refractivity contribution is -0.138. The van der Waals surface area contributed by atoms with Crippen molar-refractivity contribution in [2.24, 2.45) is 0 Å². The van der Waals surface area contributed by atoms with Gasteiger partial charge in [-0.15, -0.1) is 0 Å². The lowest BCUT2D eigenvalue weighted by Crippen LogP contribution is -2.27. The lowest BCUT2D eigenvalue weighted by atomic mass is 10.1. The fourth-order valence-electron chi connectivity index (χ4n) is 1.94. The van der Waals surface area contributed by atoms with Crippen molar-refractivity contribution >= 4 is 16.0 Å². The highest BCUT2D eigenvalue weighted by Gasteiger charge is 2.38. The van der Waals surface area contributed by atoms with E-state index < -0.39 is 38.2 Å². The number of hydrogen-bond donors (Lipinski definition) is 0. The number of rotatable bonds is 3. The standard InChI is InChI=1S/C12H12F3NO5S/c1-20-11(17)9-4-3-8(7-10(9)12(13,14)15)22(18,19)16-5-2-6-21-16/h3-4,7H,2,5-6H2,1H3. The molecule has 0 aromatic heterocycles. The highest BCUT2D eigenvalue weighted by molar-refractivity contribution is 7.89. The molecule has 0 amide bonds. The molecule has 22 heavy (non-hydrogen) atoms. The zero-order chi connectivity index (χ0) is 16.5. The van der Waals surface area contributed by atoms with Gasteiger partial charge in [0.2, 0.25) is 0 Å². The number of esters is 1. The molecule has 6 nitrogen and oxygen atoms in total. The van der Waals surface area contributed by atoms with Gasteiger partial charge in [-0.1, -0.05) is 4.47 Å². The van der Waals surface area contributed by atoms with Gasteiger partial charge in [-0.25, -0.2) is 13.2 Å². The second-order valence-corrected chi connectivity index (χ2v) is 6.24. The van der Waals surface area contributed by atoms with E-state index >= 15 is 0 Å². The number of sulfonamides is 1. The number of methoxy groups -OCH3 is 1. The van der Waals surface area contributed by atoms with Crippen molar-refractivity contribution in [3.05, 3.63) is 29.3 Å². The molecule has 1 aromatic carbocycles. The van der Waals surface area contributed by atoms with E-state index in [2.05, 4.69) is 4.74 Å². The minimum Gasteiger partial charge on any atom is -0.465 e. The second-order valence-electron chi connectivity index (χ2n) is 4.41. The summed E-state index contributed by atoms with van der Waals surface area (Å²) in [7, 11) is -3.28. The summed E-state index contributed by atoms with van der Waals surface area (Å²) in [6.07, 6.45) is -4.45. The van der Waals surface area contributed by atoms with Gasteiger partial charge in [-0.2, -0.15) is 13.2 Å². The Hall–Kier alpha value is -1.65. The summed E-state index contributed by atoms with van der Waals surface area (Å²) < 4.78 is 68.4. The van der Waals surface area contributed by atoms with Crippen molar-refractivity contribution in [1.29, 1.82) is 0 Å². The van der Waals surface area contributed by atoms with E-state index in [-0.39, 0.29) is 13.2 Å². The van der Waals surface area contributed by atoms with Gasteiger partial charge in [0, 0.05) is 6.54 Å². The van der Waals surface area contributed by atoms with Crippen LogP contribution in [-0.2, 0) is 25.8 Å². The van der Waals surface area contributed by atoms with Crippen molar-refractivity contribution in [1.82, 2.24) is 4.47 Å². The van der Waals surface area contributed by atoms with E-state index in [0.29, 0.717) is 17.0 Å². The number of hydrogen-bond acceptors (Lipinski definition) is 5. The van der Waals surface area contributed by atoms with Crippen LogP contribution in [0.4, 0.5) is 13.2 Å². The van der Waals surface area contributed by atoms with Crippen molar-refractivity contribution in [3.8, 4) is 0 Å². The molecule has 0 unspecified atom stereocenters. The van der Waals surface area contributed by atoms with E-state index in [1.165, 1.54) is 0 Å². The second kappa shape index (κ2) is 5.86. The average Bonchev–Trinajstić information content (AvgIpc) is 2.99. The van der Waals surface area contributed by atoms with Crippen LogP contribution in [0.3, 0.4) is 0 Å². The smallest absolute Gasteiger partial charge is 0.417 e. The molecule has 2 rings (SSSR count). The van der Waals surface area contributed by atoms with Crippen molar-refractivity contribution in [2.45, 2.75) is 17.5 Å². The molecular weight excluding hydrogens is 327 g/mol. The number of nitrogens with zero attached hydrogens (tertiary/aromatic N) is 1. The van der Waals surface area contributed by atoms with Crippen LogP contribution in [0, 0.1) is 0 Å². The van der Waals surface area contributed by atoms with Crippen LogP contribution in [-0.4, -0.2) is 39.1 Å². The Kier molecular flexibility index (Phi) is 4.45. The molecular formula is C12H12F3NO5S. The van der Waals surface area contributed by atoms with E-state index in [0.717, 1.165) is 19.2 Å². The van der Waals surface area contributed by atoms with Crippen LogP contribution in [0.5, 0.6) is 0 Å². The lowest BCUT2D eigenvalue weighted by Gasteiger charge is -2.17. The molecule has 122 valence electrons. The number of halogens is 3. The number of benzene rings is 1. The van der Waals surface area contributed by atoms with Crippen LogP contribution in [0.25, 0.3) is 0 Å². The first-order chi connectivity index (χ1) is 10.2. The third-order valence-corrected chi connectivity index (χ3v) is 4.66. The fraction of sp³-hybridized carbons (Fsp3) is 0.417. The topological polar surface area (TPSA) is 72.9 Å². The van der Waals surface area contributed by atoms with Crippen LogP contribution >= 0.6 is 0 Å². The van der Waals surface area contributed by atoms with Gasteiger partial charge in [0.25, 0.3) is 10.0 Å². The maximum atomic E-state index is 13.0. The largest absolute Gasteiger partial charge is 0.465 e. The highest BCUT2D eigenvalue weighted by Crippen LogP contribution is 2.34. The number of alkyl halides is 3. The SMILES string of the molecule is COC(=O)c1ccc(S(=O)(=O)N2CCCO2)cc1C(F)(F)F.